The predicted molar refractivity (Wildman–Crippen MR) is 92.1 cm³/mol. The molecule has 4 atom stereocenters. The van der Waals surface area contributed by atoms with Crippen LogP contribution in [0.4, 0.5) is 10.3 Å². The number of anilines is 1. The first-order chi connectivity index (χ1) is 13.1. The molecule has 0 saturated carbocycles. The molecule has 1 saturated heterocycles. The molecule has 1 fully saturated rings. The van der Waals surface area contributed by atoms with E-state index in [2.05, 4.69) is 20.3 Å². The van der Waals surface area contributed by atoms with E-state index in [-0.39, 0.29) is 5.82 Å². The number of nitrogens with one attached hydrogen (secondary N) is 1. The number of ether oxygens (including phenoxy) is 1. The maximum Gasteiger partial charge on any atom is 0.225 e. The Morgan fingerprint density at radius 2 is 2.07 bits per heavy atom. The van der Waals surface area contributed by atoms with Crippen LogP contribution < -0.4 is 5.32 Å². The SMILES string of the molecule is OC[C@H]1O[C@@H](n2cnc3cnc(NCc4cccc(F)c4)nc32)[C@@H](O)[C@@H]1O. The van der Waals surface area contributed by atoms with E-state index in [1.807, 2.05) is 0 Å². The zero-order valence-corrected chi connectivity index (χ0v) is 14.1. The van der Waals surface area contributed by atoms with Crippen LogP contribution in [-0.2, 0) is 11.3 Å². The molecule has 9 nitrogen and oxygen atoms in total. The number of fused-ring (bicyclic) bond motifs is 1. The average Bonchev–Trinajstić information content (AvgIpc) is 3.21. The summed E-state index contributed by atoms with van der Waals surface area (Å²) in [5.74, 6) is -0.0339. The first-order valence-corrected chi connectivity index (χ1v) is 8.37. The van der Waals surface area contributed by atoms with Crippen molar-refractivity contribution in [2.24, 2.45) is 0 Å². The second-order valence-electron chi connectivity index (χ2n) is 6.27. The summed E-state index contributed by atoms with van der Waals surface area (Å²) in [7, 11) is 0. The molecule has 142 valence electrons. The number of rotatable bonds is 5. The fraction of sp³-hybridized carbons (Fsp3) is 0.353. The molecule has 4 N–H and O–H groups in total. The summed E-state index contributed by atoms with van der Waals surface area (Å²) < 4.78 is 20.3. The van der Waals surface area contributed by atoms with Crippen molar-refractivity contribution in [1.82, 2.24) is 19.5 Å². The van der Waals surface area contributed by atoms with Gasteiger partial charge in [0, 0.05) is 6.54 Å². The summed E-state index contributed by atoms with van der Waals surface area (Å²) in [6.07, 6.45) is -1.35. The van der Waals surface area contributed by atoms with Gasteiger partial charge in [0.05, 0.1) is 19.1 Å². The number of hydrogen-bond donors (Lipinski definition) is 4. The molecule has 1 aliphatic rings. The maximum atomic E-state index is 13.3. The summed E-state index contributed by atoms with van der Waals surface area (Å²) in [5.41, 5.74) is 1.60. The molecule has 10 heteroatoms. The van der Waals surface area contributed by atoms with E-state index in [4.69, 9.17) is 4.74 Å². The number of benzene rings is 1. The highest BCUT2D eigenvalue weighted by molar-refractivity contribution is 5.71. The maximum absolute atomic E-state index is 13.3. The summed E-state index contributed by atoms with van der Waals surface area (Å²) in [4.78, 5) is 12.7. The van der Waals surface area contributed by atoms with Gasteiger partial charge in [-0.25, -0.2) is 14.4 Å². The van der Waals surface area contributed by atoms with Crippen LogP contribution in [0.3, 0.4) is 0 Å². The zero-order valence-electron chi connectivity index (χ0n) is 14.1. The summed E-state index contributed by atoms with van der Waals surface area (Å²) in [6.45, 7) is -0.0952. The lowest BCUT2D eigenvalue weighted by Crippen LogP contribution is -2.33. The Morgan fingerprint density at radius 3 is 2.81 bits per heavy atom. The van der Waals surface area contributed by atoms with E-state index < -0.39 is 31.1 Å². The number of aliphatic hydroxyl groups excluding tert-OH is 3. The van der Waals surface area contributed by atoms with Gasteiger partial charge in [-0.15, -0.1) is 0 Å². The van der Waals surface area contributed by atoms with Crippen molar-refractivity contribution in [3.05, 3.63) is 48.2 Å². The monoisotopic (exact) mass is 375 g/mol. The largest absolute Gasteiger partial charge is 0.394 e. The molecule has 0 aliphatic carbocycles. The summed E-state index contributed by atoms with van der Waals surface area (Å²) in [6, 6.07) is 6.17. The van der Waals surface area contributed by atoms with Crippen LogP contribution >= 0.6 is 0 Å². The van der Waals surface area contributed by atoms with Gasteiger partial charge in [0.1, 0.15) is 29.6 Å². The van der Waals surface area contributed by atoms with Crippen LogP contribution in [0, 0.1) is 5.82 Å². The van der Waals surface area contributed by atoms with Gasteiger partial charge in [-0.3, -0.25) is 4.57 Å². The number of nitrogens with zero attached hydrogens (tertiary/aromatic N) is 4. The van der Waals surface area contributed by atoms with Crippen LogP contribution in [0.2, 0.25) is 0 Å². The molecule has 0 unspecified atom stereocenters. The second-order valence-corrected chi connectivity index (χ2v) is 6.27. The van der Waals surface area contributed by atoms with Crippen LogP contribution in [-0.4, -0.2) is 59.8 Å². The Hall–Kier alpha value is -2.66. The van der Waals surface area contributed by atoms with Gasteiger partial charge < -0.3 is 25.4 Å². The number of hydrogen-bond acceptors (Lipinski definition) is 8. The molecular formula is C17H18FN5O4. The predicted octanol–water partition coefficient (Wildman–Crippen LogP) is 0.189. The van der Waals surface area contributed by atoms with Crippen molar-refractivity contribution >= 4 is 17.1 Å². The van der Waals surface area contributed by atoms with E-state index >= 15 is 0 Å². The van der Waals surface area contributed by atoms with E-state index in [1.54, 1.807) is 12.1 Å². The van der Waals surface area contributed by atoms with Gasteiger partial charge in [0.25, 0.3) is 0 Å². The van der Waals surface area contributed by atoms with Crippen molar-refractivity contribution in [2.75, 3.05) is 11.9 Å². The Morgan fingerprint density at radius 1 is 1.22 bits per heavy atom. The second kappa shape index (κ2) is 7.16. The highest BCUT2D eigenvalue weighted by Crippen LogP contribution is 2.31. The van der Waals surface area contributed by atoms with Gasteiger partial charge in [0.2, 0.25) is 5.95 Å². The van der Waals surface area contributed by atoms with Crippen molar-refractivity contribution in [3.63, 3.8) is 0 Å². The average molecular weight is 375 g/mol. The number of halogens is 1. The van der Waals surface area contributed by atoms with E-state index in [0.29, 0.717) is 23.7 Å². The molecule has 0 spiro atoms. The van der Waals surface area contributed by atoms with Gasteiger partial charge in [-0.05, 0) is 17.7 Å². The third kappa shape index (κ3) is 3.35. The molecule has 0 bridgehead atoms. The lowest BCUT2D eigenvalue weighted by Gasteiger charge is -2.16. The number of imidazole rings is 1. The minimum Gasteiger partial charge on any atom is -0.394 e. The van der Waals surface area contributed by atoms with Gasteiger partial charge in [0.15, 0.2) is 11.9 Å². The lowest BCUT2D eigenvalue weighted by atomic mass is 10.1. The molecular weight excluding hydrogens is 357 g/mol. The molecule has 1 aliphatic heterocycles. The topological polar surface area (TPSA) is 126 Å². The number of aliphatic hydroxyl groups is 3. The Kier molecular flexibility index (Phi) is 4.70. The fourth-order valence-corrected chi connectivity index (χ4v) is 3.04. The Bertz CT molecular complexity index is 952. The van der Waals surface area contributed by atoms with Gasteiger partial charge >= 0.3 is 0 Å². The van der Waals surface area contributed by atoms with Crippen molar-refractivity contribution in [3.8, 4) is 0 Å². The zero-order chi connectivity index (χ0) is 19.0. The fourth-order valence-electron chi connectivity index (χ4n) is 3.04. The van der Waals surface area contributed by atoms with Crippen molar-refractivity contribution < 1.29 is 24.4 Å². The first-order valence-electron chi connectivity index (χ1n) is 8.37. The Labute approximate surface area is 153 Å². The first kappa shape index (κ1) is 17.7. The van der Waals surface area contributed by atoms with Crippen LogP contribution in [0.25, 0.3) is 11.2 Å². The van der Waals surface area contributed by atoms with Crippen LogP contribution in [0.15, 0.2) is 36.8 Å². The van der Waals surface area contributed by atoms with E-state index in [9.17, 15) is 19.7 Å². The third-order valence-corrected chi connectivity index (χ3v) is 4.45. The van der Waals surface area contributed by atoms with Crippen molar-refractivity contribution in [1.29, 1.82) is 0 Å². The smallest absolute Gasteiger partial charge is 0.225 e. The number of aromatic nitrogens is 4. The van der Waals surface area contributed by atoms with Gasteiger partial charge in [-0.2, -0.15) is 4.98 Å². The standard InChI is InChI=1S/C17H18FN5O4/c18-10-3-1-2-9(4-10)5-19-17-20-6-11-15(22-17)23(8-21-11)16-14(26)13(25)12(7-24)27-16/h1-4,6,8,12-14,16,24-26H,5,7H2,(H,19,20,22)/t12-,13-,14+,16-/m1/s1. The lowest BCUT2D eigenvalue weighted by molar-refractivity contribution is -0.0511. The highest BCUT2D eigenvalue weighted by Gasteiger charge is 2.43. The van der Waals surface area contributed by atoms with Gasteiger partial charge in [-0.1, -0.05) is 12.1 Å². The molecule has 27 heavy (non-hydrogen) atoms. The quantitative estimate of drug-likeness (QED) is 0.498. The van der Waals surface area contributed by atoms with E-state index in [1.165, 1.54) is 29.2 Å². The summed E-state index contributed by atoms with van der Waals surface area (Å²) >= 11 is 0. The Balaban J connectivity index is 1.58. The third-order valence-electron chi connectivity index (χ3n) is 4.45. The van der Waals surface area contributed by atoms with Crippen molar-refractivity contribution in [2.45, 2.75) is 31.1 Å². The molecule has 2 aromatic heterocycles. The molecule has 1 aromatic carbocycles. The molecule has 0 radical (unpaired) electrons. The summed E-state index contributed by atoms with van der Waals surface area (Å²) in [5, 5.41) is 32.4. The molecule has 4 rings (SSSR count). The van der Waals surface area contributed by atoms with Crippen LogP contribution in [0.1, 0.15) is 11.8 Å². The highest BCUT2D eigenvalue weighted by atomic mass is 19.1. The normalized spacial score (nSPS) is 25.2. The van der Waals surface area contributed by atoms with E-state index in [0.717, 1.165) is 5.56 Å². The molecule has 0 amide bonds. The molecule has 3 aromatic rings. The minimum atomic E-state index is -1.24. The minimum absolute atomic E-state index is 0.292. The molecule has 3 heterocycles. The van der Waals surface area contributed by atoms with Crippen LogP contribution in [0.5, 0.6) is 0 Å².